The molecule has 1 rings (SSSR count). The quantitative estimate of drug-likeness (QED) is 0.422. The van der Waals surface area contributed by atoms with Gasteiger partial charge in [0.05, 0.1) is 7.11 Å². The van der Waals surface area contributed by atoms with Crippen LogP contribution in [0, 0.1) is 0 Å². The Balaban J connectivity index is 0.00000144. The number of carbonyl (C=O) groups is 1. The lowest BCUT2D eigenvalue weighted by molar-refractivity contribution is 0.0953. The molecule has 0 aliphatic rings. The number of amides is 1. The zero-order valence-corrected chi connectivity index (χ0v) is 7.93. The molecule has 1 aromatic rings. The lowest BCUT2D eigenvalue weighted by Gasteiger charge is -2.01. The number of benzene rings is 1. The lowest BCUT2D eigenvalue weighted by Crippen LogP contribution is -2.29. The second-order valence-electron chi connectivity index (χ2n) is 2.20. The van der Waals surface area contributed by atoms with Gasteiger partial charge in [-0.05, 0) is 24.3 Å². The molecule has 0 bridgehead atoms. The molecule has 72 valence electrons. The van der Waals surface area contributed by atoms with Gasteiger partial charge in [0.1, 0.15) is 5.75 Å². The molecule has 0 aliphatic heterocycles. The largest absolute Gasteiger partial charge is 0.497 e. The lowest BCUT2D eigenvalue weighted by atomic mass is 10.2. The molecule has 1 amide bonds. The summed E-state index contributed by atoms with van der Waals surface area (Å²) in [4.78, 5) is 10.9. The third-order valence-electron chi connectivity index (χ3n) is 1.48. The average molecular weight is 203 g/mol. The fourth-order valence-electron chi connectivity index (χ4n) is 0.826. The van der Waals surface area contributed by atoms with Gasteiger partial charge in [0.15, 0.2) is 0 Å². The van der Waals surface area contributed by atoms with Gasteiger partial charge in [-0.3, -0.25) is 10.2 Å². The third kappa shape index (κ3) is 2.93. The van der Waals surface area contributed by atoms with Crippen molar-refractivity contribution in [2.45, 2.75) is 0 Å². The molecule has 0 fully saturated rings. The van der Waals surface area contributed by atoms with Crippen molar-refractivity contribution < 1.29 is 9.53 Å². The summed E-state index contributed by atoms with van der Waals surface area (Å²) in [7, 11) is 1.57. The van der Waals surface area contributed by atoms with E-state index in [0.717, 1.165) is 0 Å². The highest BCUT2D eigenvalue weighted by atomic mass is 35.5. The van der Waals surface area contributed by atoms with E-state index in [-0.39, 0.29) is 18.3 Å². The first-order valence-electron chi connectivity index (χ1n) is 3.43. The maximum atomic E-state index is 10.9. The van der Waals surface area contributed by atoms with Crippen molar-refractivity contribution in [2.24, 2.45) is 5.84 Å². The van der Waals surface area contributed by atoms with Crippen LogP contribution in [0.2, 0.25) is 0 Å². The van der Waals surface area contributed by atoms with Crippen LogP contribution in [0.1, 0.15) is 10.4 Å². The summed E-state index contributed by atoms with van der Waals surface area (Å²) in [6.07, 6.45) is 0. The van der Waals surface area contributed by atoms with E-state index in [0.29, 0.717) is 11.3 Å². The molecular formula is C8H11ClN2O2. The summed E-state index contributed by atoms with van der Waals surface area (Å²) in [5.74, 6) is 5.35. The van der Waals surface area contributed by atoms with Gasteiger partial charge in [-0.1, -0.05) is 0 Å². The van der Waals surface area contributed by atoms with Crippen molar-refractivity contribution in [3.8, 4) is 5.75 Å². The van der Waals surface area contributed by atoms with Crippen molar-refractivity contribution >= 4 is 18.3 Å². The standard InChI is InChI=1S/C8H10N2O2.ClH/c1-12-7-4-2-6(3-5-7)8(11)10-9;/h2-5H,9H2,1H3,(H,10,11);1H. The van der Waals surface area contributed by atoms with Crippen LogP contribution in [0.3, 0.4) is 0 Å². The summed E-state index contributed by atoms with van der Waals surface area (Å²) in [6, 6.07) is 6.68. The van der Waals surface area contributed by atoms with Crippen molar-refractivity contribution in [2.75, 3.05) is 7.11 Å². The van der Waals surface area contributed by atoms with E-state index in [2.05, 4.69) is 0 Å². The summed E-state index contributed by atoms with van der Waals surface area (Å²) in [5.41, 5.74) is 2.55. The first-order valence-corrected chi connectivity index (χ1v) is 3.43. The van der Waals surface area contributed by atoms with Gasteiger partial charge in [0.25, 0.3) is 5.91 Å². The molecule has 0 saturated carbocycles. The normalized spacial score (nSPS) is 8.46. The maximum Gasteiger partial charge on any atom is 0.265 e. The van der Waals surface area contributed by atoms with E-state index in [9.17, 15) is 4.79 Å². The second kappa shape index (κ2) is 5.40. The number of halogens is 1. The molecule has 0 aliphatic carbocycles. The molecule has 4 nitrogen and oxygen atoms in total. The van der Waals surface area contributed by atoms with Crippen LogP contribution in [-0.4, -0.2) is 13.0 Å². The molecule has 0 unspecified atom stereocenters. The minimum atomic E-state index is -0.308. The zero-order valence-electron chi connectivity index (χ0n) is 7.11. The van der Waals surface area contributed by atoms with Crippen LogP contribution >= 0.6 is 12.4 Å². The van der Waals surface area contributed by atoms with Gasteiger partial charge < -0.3 is 4.74 Å². The van der Waals surface area contributed by atoms with Crippen LogP contribution in [0.5, 0.6) is 5.75 Å². The second-order valence-corrected chi connectivity index (χ2v) is 2.20. The predicted octanol–water partition coefficient (Wildman–Crippen LogP) is 0.720. The van der Waals surface area contributed by atoms with E-state index in [1.807, 2.05) is 5.43 Å². The average Bonchev–Trinajstić information content (AvgIpc) is 2.17. The number of rotatable bonds is 2. The highest BCUT2D eigenvalue weighted by Crippen LogP contribution is 2.10. The Morgan fingerprint density at radius 3 is 2.31 bits per heavy atom. The highest BCUT2D eigenvalue weighted by molar-refractivity contribution is 5.93. The number of carbonyl (C=O) groups excluding carboxylic acids is 1. The Hall–Kier alpha value is -1.26. The summed E-state index contributed by atoms with van der Waals surface area (Å²) >= 11 is 0. The summed E-state index contributed by atoms with van der Waals surface area (Å²) in [6.45, 7) is 0. The van der Waals surface area contributed by atoms with Crippen LogP contribution in [0.4, 0.5) is 0 Å². The van der Waals surface area contributed by atoms with Crippen LogP contribution in [0.15, 0.2) is 24.3 Å². The minimum Gasteiger partial charge on any atom is -0.497 e. The predicted molar refractivity (Wildman–Crippen MR) is 51.9 cm³/mol. The molecule has 0 spiro atoms. The molecule has 0 radical (unpaired) electrons. The van der Waals surface area contributed by atoms with Gasteiger partial charge in [-0.15, -0.1) is 12.4 Å². The van der Waals surface area contributed by atoms with Gasteiger partial charge >= 0.3 is 0 Å². The Morgan fingerprint density at radius 2 is 1.92 bits per heavy atom. The van der Waals surface area contributed by atoms with Gasteiger partial charge in [-0.2, -0.15) is 0 Å². The van der Waals surface area contributed by atoms with Crippen molar-refractivity contribution in [3.05, 3.63) is 29.8 Å². The molecular weight excluding hydrogens is 192 g/mol. The molecule has 0 atom stereocenters. The number of methoxy groups -OCH3 is 1. The smallest absolute Gasteiger partial charge is 0.265 e. The number of nitrogens with one attached hydrogen (secondary N) is 1. The topological polar surface area (TPSA) is 64.3 Å². The van der Waals surface area contributed by atoms with Crippen molar-refractivity contribution in [1.29, 1.82) is 0 Å². The van der Waals surface area contributed by atoms with Gasteiger partial charge in [0, 0.05) is 5.56 Å². The Kier molecular flexibility index (Phi) is 4.87. The SMILES string of the molecule is COc1ccc(C(=O)NN)cc1.Cl. The van der Waals surface area contributed by atoms with Crippen LogP contribution in [-0.2, 0) is 0 Å². The number of hydrogen-bond donors (Lipinski definition) is 2. The first kappa shape index (κ1) is 11.7. The number of hydrogen-bond acceptors (Lipinski definition) is 3. The summed E-state index contributed by atoms with van der Waals surface area (Å²) in [5, 5.41) is 0. The molecule has 5 heteroatoms. The summed E-state index contributed by atoms with van der Waals surface area (Å²) < 4.78 is 4.92. The number of ether oxygens (including phenoxy) is 1. The Bertz CT molecular complexity index is 274. The number of hydrazine groups is 1. The molecule has 0 heterocycles. The van der Waals surface area contributed by atoms with E-state index >= 15 is 0 Å². The van der Waals surface area contributed by atoms with E-state index in [4.69, 9.17) is 10.6 Å². The van der Waals surface area contributed by atoms with Gasteiger partial charge in [-0.25, -0.2) is 5.84 Å². The molecule has 0 aromatic heterocycles. The number of nitrogen functional groups attached to an aromatic ring is 1. The van der Waals surface area contributed by atoms with Crippen molar-refractivity contribution in [1.82, 2.24) is 5.43 Å². The van der Waals surface area contributed by atoms with Gasteiger partial charge in [0.2, 0.25) is 0 Å². The minimum absolute atomic E-state index is 0. The van der Waals surface area contributed by atoms with Crippen LogP contribution in [0.25, 0.3) is 0 Å². The first-order chi connectivity index (χ1) is 5.77. The third-order valence-corrected chi connectivity index (χ3v) is 1.48. The molecule has 3 N–H and O–H groups in total. The molecule has 0 saturated heterocycles. The maximum absolute atomic E-state index is 10.9. The molecule has 1 aromatic carbocycles. The Labute approximate surface area is 82.4 Å². The van der Waals surface area contributed by atoms with E-state index in [1.54, 1.807) is 31.4 Å². The fourth-order valence-corrected chi connectivity index (χ4v) is 0.826. The van der Waals surface area contributed by atoms with E-state index in [1.165, 1.54) is 0 Å². The van der Waals surface area contributed by atoms with Crippen LogP contribution < -0.4 is 16.0 Å². The zero-order chi connectivity index (χ0) is 8.97. The number of nitrogens with two attached hydrogens (primary N) is 1. The fraction of sp³-hybridized carbons (Fsp3) is 0.125. The molecule has 13 heavy (non-hydrogen) atoms. The van der Waals surface area contributed by atoms with E-state index < -0.39 is 0 Å². The highest BCUT2D eigenvalue weighted by Gasteiger charge is 2.01. The van der Waals surface area contributed by atoms with Crippen molar-refractivity contribution in [3.63, 3.8) is 0 Å². The monoisotopic (exact) mass is 202 g/mol. The Morgan fingerprint density at radius 1 is 1.38 bits per heavy atom.